The number of Topliss-reactive ketones (excluding diaryl/α,β-unsaturated/α-hetero) is 2. The van der Waals surface area contributed by atoms with Gasteiger partial charge in [-0.15, -0.1) is 0 Å². The molecule has 0 fully saturated rings. The van der Waals surface area contributed by atoms with Crippen molar-refractivity contribution in [1.82, 2.24) is 25.5 Å². The molecule has 1 aliphatic carbocycles. The summed E-state index contributed by atoms with van der Waals surface area (Å²) in [5.74, 6) is -4.67. The second-order valence-corrected chi connectivity index (χ2v) is 16.2. The number of ketones is 2. The van der Waals surface area contributed by atoms with Gasteiger partial charge in [-0.3, -0.25) is 28.8 Å². The smallest absolute Gasteiger partial charge is 0.343 e. The van der Waals surface area contributed by atoms with Gasteiger partial charge in [-0.2, -0.15) is 0 Å². The average molecular weight is 837 g/mol. The summed E-state index contributed by atoms with van der Waals surface area (Å²) in [6.07, 6.45) is 1.10. The summed E-state index contributed by atoms with van der Waals surface area (Å²) < 4.78 is 22.1. The topological polar surface area (TPSA) is 229 Å². The fraction of sp³-hybridized carbons (Fsp3) is 0.422. The molecule has 3 amide bonds. The number of nitrogens with one attached hydrogen (secondary N) is 3. The first-order valence-electron chi connectivity index (χ1n) is 20.6. The average Bonchev–Trinajstić information content (AvgIpc) is 3.63. The van der Waals surface area contributed by atoms with Crippen molar-refractivity contribution in [2.45, 2.75) is 90.5 Å². The predicted octanol–water partition coefficient (Wildman–Crippen LogP) is 2.63. The minimum absolute atomic E-state index is 0.0115. The van der Waals surface area contributed by atoms with Crippen LogP contribution >= 0.6 is 0 Å². The van der Waals surface area contributed by atoms with E-state index in [1.807, 2.05) is 30.3 Å². The first-order chi connectivity index (χ1) is 29.1. The zero-order valence-corrected chi connectivity index (χ0v) is 34.3. The second kappa shape index (κ2) is 17.5. The van der Waals surface area contributed by atoms with Gasteiger partial charge < -0.3 is 36.1 Å². The number of aliphatic hydroxyl groups is 1. The Morgan fingerprint density at radius 1 is 1.03 bits per heavy atom. The van der Waals surface area contributed by atoms with Gasteiger partial charge >= 0.3 is 5.97 Å². The van der Waals surface area contributed by atoms with Gasteiger partial charge in [-0.1, -0.05) is 44.2 Å². The van der Waals surface area contributed by atoms with Crippen LogP contribution in [-0.4, -0.2) is 69.5 Å². The van der Waals surface area contributed by atoms with Crippen LogP contribution in [-0.2, 0) is 65.1 Å². The molecular formula is C45H49FN6O9. The van der Waals surface area contributed by atoms with Crippen LogP contribution in [0.2, 0.25) is 0 Å². The van der Waals surface area contributed by atoms with Crippen LogP contribution in [0.25, 0.3) is 22.3 Å². The van der Waals surface area contributed by atoms with Gasteiger partial charge in [0, 0.05) is 47.3 Å². The lowest BCUT2D eigenvalue weighted by Crippen LogP contribution is -2.44. The second-order valence-electron chi connectivity index (χ2n) is 16.2. The molecule has 4 atom stereocenters. The van der Waals surface area contributed by atoms with E-state index >= 15 is 4.39 Å². The molecule has 61 heavy (non-hydrogen) atoms. The van der Waals surface area contributed by atoms with E-state index in [9.17, 15) is 38.7 Å². The number of benzene rings is 2. The van der Waals surface area contributed by atoms with Gasteiger partial charge in [0.2, 0.25) is 17.7 Å². The normalized spacial score (nSPS) is 18.3. The first kappa shape index (κ1) is 43.0. The number of ether oxygens (including phenoxy) is 1. The molecule has 2 aromatic heterocycles. The predicted molar refractivity (Wildman–Crippen MR) is 220 cm³/mol. The Balaban J connectivity index is 1.05. The Morgan fingerprint density at radius 3 is 2.49 bits per heavy atom. The van der Waals surface area contributed by atoms with Crippen molar-refractivity contribution in [2.75, 3.05) is 19.6 Å². The summed E-state index contributed by atoms with van der Waals surface area (Å²) in [4.78, 5) is 95.9. The number of carbonyl (C=O) groups is 6. The van der Waals surface area contributed by atoms with Crippen molar-refractivity contribution < 1.29 is 43.0 Å². The molecule has 15 nitrogen and oxygen atoms in total. The molecule has 2 aromatic carbocycles. The van der Waals surface area contributed by atoms with Gasteiger partial charge in [-0.25, -0.2) is 14.2 Å². The molecule has 2 aliphatic heterocycles. The number of aromatic nitrogens is 2. The number of rotatable bonds is 16. The highest BCUT2D eigenvalue weighted by Crippen LogP contribution is 2.46. The summed E-state index contributed by atoms with van der Waals surface area (Å²) >= 11 is 0. The Morgan fingerprint density at radius 2 is 1.77 bits per heavy atom. The van der Waals surface area contributed by atoms with Crippen LogP contribution in [0.3, 0.4) is 0 Å². The molecule has 0 saturated carbocycles. The highest BCUT2D eigenvalue weighted by molar-refractivity contribution is 5.95. The zero-order valence-electron chi connectivity index (χ0n) is 34.3. The van der Waals surface area contributed by atoms with Gasteiger partial charge in [0.05, 0.1) is 54.7 Å². The third-order valence-electron chi connectivity index (χ3n) is 12.3. The van der Waals surface area contributed by atoms with Crippen LogP contribution in [0.1, 0.15) is 90.9 Å². The summed E-state index contributed by atoms with van der Waals surface area (Å²) in [5.41, 5.74) is 7.71. The lowest BCUT2D eigenvalue weighted by atomic mass is 9.81. The first-order valence-corrected chi connectivity index (χ1v) is 20.6. The number of amides is 3. The molecule has 0 spiro atoms. The summed E-state index contributed by atoms with van der Waals surface area (Å²) in [6, 6.07) is 11.5. The number of pyridine rings is 2. The minimum atomic E-state index is -2.02. The molecule has 0 radical (unpaired) electrons. The van der Waals surface area contributed by atoms with Gasteiger partial charge in [-0.05, 0) is 67.3 Å². The van der Waals surface area contributed by atoms with E-state index in [0.29, 0.717) is 51.8 Å². The van der Waals surface area contributed by atoms with Crippen molar-refractivity contribution in [3.8, 4) is 11.4 Å². The molecule has 16 heteroatoms. The molecule has 0 bridgehead atoms. The van der Waals surface area contributed by atoms with E-state index in [1.165, 1.54) is 10.6 Å². The van der Waals surface area contributed by atoms with Gasteiger partial charge in [0.25, 0.3) is 5.56 Å². The van der Waals surface area contributed by atoms with E-state index < -0.39 is 52.6 Å². The van der Waals surface area contributed by atoms with Crippen molar-refractivity contribution in [1.29, 1.82) is 0 Å². The lowest BCUT2D eigenvalue weighted by molar-refractivity contribution is -0.172. The third kappa shape index (κ3) is 8.33. The van der Waals surface area contributed by atoms with Gasteiger partial charge in [0.15, 0.2) is 17.2 Å². The van der Waals surface area contributed by atoms with E-state index in [0.717, 1.165) is 11.1 Å². The van der Waals surface area contributed by atoms with Crippen molar-refractivity contribution in [2.24, 2.45) is 17.6 Å². The van der Waals surface area contributed by atoms with Crippen molar-refractivity contribution >= 4 is 46.2 Å². The number of hydrogen-bond donors (Lipinski definition) is 5. The lowest BCUT2D eigenvalue weighted by Gasteiger charge is -2.31. The molecule has 0 unspecified atom stereocenters. The Hall–Kier alpha value is -6.13. The summed E-state index contributed by atoms with van der Waals surface area (Å²) in [7, 11) is 0. The summed E-state index contributed by atoms with van der Waals surface area (Å²) in [5, 5.41) is 20.3. The molecule has 320 valence electrons. The fourth-order valence-electron chi connectivity index (χ4n) is 8.71. The van der Waals surface area contributed by atoms with E-state index in [4.69, 9.17) is 15.5 Å². The van der Waals surface area contributed by atoms with Crippen LogP contribution in [0.4, 0.5) is 4.39 Å². The number of fused-ring (bicyclic) bond motifs is 5. The monoisotopic (exact) mass is 836 g/mol. The third-order valence-corrected chi connectivity index (χ3v) is 12.3. The number of nitrogens with two attached hydrogens (primary N) is 1. The van der Waals surface area contributed by atoms with E-state index in [-0.39, 0.29) is 93.5 Å². The SMILES string of the molecule is CC[C@@]1(O)C(=O)OCc2c1cc1n(c2=O)Cc2c-1nc1cc(F)c(C)c3c1c2[C@@H](NC(=O)[C@H](C)CCC(=O)CNC(=O)[C@@H](CC(=O)CNC(=O)CN)Cc1ccccc1)CC3. The van der Waals surface area contributed by atoms with Crippen LogP contribution in [0.5, 0.6) is 0 Å². The van der Waals surface area contributed by atoms with Crippen LogP contribution in [0.15, 0.2) is 47.3 Å². The number of esters is 1. The largest absolute Gasteiger partial charge is 0.458 e. The Labute approximate surface area is 350 Å². The standard InChI is InChI=1S/C45H49FN6O9/c1-4-45(60)32-16-36-40-30(21-52(36)43(58)31(32)22-61-44(45)59)39-34(13-12-29-24(3)33(46)17-35(50-40)38(29)39)51-41(56)23(2)10-11-27(53)19-49-42(57)26(14-25-8-6-5-7-9-25)15-28(54)20-48-37(55)18-47/h5-9,16-17,23,26,34,60H,4,10-15,18-22,47H2,1-3H3,(H,48,55)(H,49,57)(H,51,56)/t23-,26-,34+,45+/m1/s1. The number of aryl methyl sites for hydroxylation is 1. The number of nitrogens with zero attached hydrogens (tertiary/aromatic N) is 2. The molecular weight excluding hydrogens is 788 g/mol. The fourth-order valence-corrected chi connectivity index (χ4v) is 8.71. The molecule has 7 rings (SSSR count). The number of hydrogen-bond acceptors (Lipinski definition) is 11. The maximum atomic E-state index is 15.4. The highest BCUT2D eigenvalue weighted by Gasteiger charge is 2.46. The number of halogens is 1. The van der Waals surface area contributed by atoms with Crippen molar-refractivity contribution in [3.05, 3.63) is 97.6 Å². The molecule has 0 saturated heterocycles. The van der Waals surface area contributed by atoms with Crippen LogP contribution in [0, 0.1) is 24.6 Å². The minimum Gasteiger partial charge on any atom is -0.458 e. The summed E-state index contributed by atoms with van der Waals surface area (Å²) in [6.45, 7) is 3.98. The highest BCUT2D eigenvalue weighted by atomic mass is 19.1. The Bertz CT molecular complexity index is 2540. The maximum Gasteiger partial charge on any atom is 0.343 e. The van der Waals surface area contributed by atoms with E-state index in [1.54, 1.807) is 26.8 Å². The Kier molecular flexibility index (Phi) is 12.3. The number of cyclic esters (lactones) is 1. The zero-order chi connectivity index (χ0) is 43.7. The molecule has 4 aromatic rings. The van der Waals surface area contributed by atoms with Crippen molar-refractivity contribution in [3.63, 3.8) is 0 Å². The van der Waals surface area contributed by atoms with Crippen LogP contribution < -0.4 is 27.2 Å². The quantitative estimate of drug-likeness (QED) is 0.0908. The molecule has 6 N–H and O–H groups in total. The van der Waals surface area contributed by atoms with Gasteiger partial charge in [0.1, 0.15) is 12.4 Å². The van der Waals surface area contributed by atoms with E-state index in [2.05, 4.69) is 16.0 Å². The maximum absolute atomic E-state index is 15.4. The molecule has 3 aliphatic rings. The number of carbonyl (C=O) groups excluding carboxylic acids is 6. The molecule has 4 heterocycles.